The molecule has 1 heterocycles. The van der Waals surface area contributed by atoms with Crippen molar-refractivity contribution in [1.29, 1.82) is 0 Å². The van der Waals surface area contributed by atoms with Crippen LogP contribution in [0.4, 0.5) is 0 Å². The first-order chi connectivity index (χ1) is 6.98. The van der Waals surface area contributed by atoms with Gasteiger partial charge in [0, 0.05) is 6.08 Å². The summed E-state index contributed by atoms with van der Waals surface area (Å²) in [5.41, 5.74) is 0. The van der Waals surface area contributed by atoms with Crippen LogP contribution in [0.1, 0.15) is 13.8 Å². The predicted molar refractivity (Wildman–Crippen MR) is 52.1 cm³/mol. The minimum absolute atomic E-state index is 0.153. The van der Waals surface area contributed by atoms with E-state index in [0.717, 1.165) is 0 Å². The monoisotopic (exact) mass is 216 g/mol. The molecule has 1 rings (SSSR count). The highest BCUT2D eigenvalue weighted by Crippen LogP contribution is 2.28. The van der Waals surface area contributed by atoms with E-state index in [4.69, 9.17) is 14.6 Å². The normalized spacial score (nSPS) is 29.6. The van der Waals surface area contributed by atoms with Crippen molar-refractivity contribution < 1.29 is 24.1 Å². The quantitative estimate of drug-likeness (QED) is 0.540. The van der Waals surface area contributed by atoms with Crippen molar-refractivity contribution >= 4 is 5.97 Å². The molecule has 86 valence electrons. The number of carbonyl (C=O) groups excluding carboxylic acids is 1. The number of ether oxygens (including phenoxy) is 3. The summed E-state index contributed by atoms with van der Waals surface area (Å²) in [6.07, 6.45) is 1.92. The molecule has 2 atom stereocenters. The van der Waals surface area contributed by atoms with Crippen molar-refractivity contribution in [3.63, 3.8) is 0 Å². The van der Waals surface area contributed by atoms with E-state index >= 15 is 0 Å². The summed E-state index contributed by atoms with van der Waals surface area (Å²) >= 11 is 0. The number of hydrogen-bond acceptors (Lipinski definition) is 5. The zero-order chi connectivity index (χ0) is 11.5. The molecule has 1 fully saturated rings. The highest BCUT2D eigenvalue weighted by molar-refractivity contribution is 5.81. The molecule has 5 heteroatoms. The fourth-order valence-electron chi connectivity index (χ4n) is 1.41. The van der Waals surface area contributed by atoms with E-state index in [2.05, 4.69) is 4.74 Å². The number of methoxy groups -OCH3 is 1. The van der Waals surface area contributed by atoms with Crippen molar-refractivity contribution in [3.05, 3.63) is 12.2 Å². The third-order valence-electron chi connectivity index (χ3n) is 2.02. The number of hydrogen-bond donors (Lipinski definition) is 1. The first-order valence-corrected chi connectivity index (χ1v) is 4.71. The maximum absolute atomic E-state index is 10.9. The molecule has 0 amide bonds. The first kappa shape index (κ1) is 12.2. The largest absolute Gasteiger partial charge is 0.466 e. The van der Waals surface area contributed by atoms with E-state index in [-0.39, 0.29) is 6.61 Å². The van der Waals surface area contributed by atoms with Gasteiger partial charge in [-0.25, -0.2) is 4.79 Å². The standard InChI is InChI=1S/C10H16O5/c1-10(2)14-7(8(6-11)15-10)4-5-9(12)13-3/h4-5,7-8,11H,6H2,1-3H3/b5-4-/t7-,8-/m1/s1. The van der Waals surface area contributed by atoms with Crippen molar-refractivity contribution in [2.45, 2.75) is 31.8 Å². The molecule has 0 aromatic rings. The Bertz CT molecular complexity index is 259. The van der Waals surface area contributed by atoms with Crippen LogP contribution in [0.2, 0.25) is 0 Å². The fraction of sp³-hybridized carbons (Fsp3) is 0.700. The van der Waals surface area contributed by atoms with Gasteiger partial charge in [-0.15, -0.1) is 0 Å². The minimum atomic E-state index is -0.738. The second kappa shape index (κ2) is 4.74. The summed E-state index contributed by atoms with van der Waals surface area (Å²) in [5.74, 6) is -1.20. The van der Waals surface area contributed by atoms with Crippen LogP contribution in [0.5, 0.6) is 0 Å². The Kier molecular flexibility index (Phi) is 3.84. The van der Waals surface area contributed by atoms with E-state index in [0.29, 0.717) is 0 Å². The number of esters is 1. The number of carbonyl (C=O) groups is 1. The molecule has 0 unspecified atom stereocenters. The van der Waals surface area contributed by atoms with Crippen LogP contribution in [0, 0.1) is 0 Å². The van der Waals surface area contributed by atoms with Crippen LogP contribution in [0.3, 0.4) is 0 Å². The molecule has 0 saturated carbocycles. The molecular weight excluding hydrogens is 200 g/mol. The summed E-state index contributed by atoms with van der Waals surface area (Å²) in [4.78, 5) is 10.9. The molecule has 1 aliphatic rings. The minimum Gasteiger partial charge on any atom is -0.466 e. The molecule has 0 spiro atoms. The van der Waals surface area contributed by atoms with Crippen molar-refractivity contribution in [2.24, 2.45) is 0 Å². The lowest BCUT2D eigenvalue weighted by Gasteiger charge is -2.15. The zero-order valence-electron chi connectivity index (χ0n) is 9.10. The van der Waals surface area contributed by atoms with Gasteiger partial charge in [-0.05, 0) is 19.9 Å². The molecule has 0 radical (unpaired) electrons. The van der Waals surface area contributed by atoms with Gasteiger partial charge in [-0.2, -0.15) is 0 Å². The van der Waals surface area contributed by atoms with E-state index in [1.54, 1.807) is 13.8 Å². The summed E-state index contributed by atoms with van der Waals surface area (Å²) in [6, 6.07) is 0. The maximum Gasteiger partial charge on any atom is 0.330 e. The third-order valence-corrected chi connectivity index (χ3v) is 2.02. The molecular formula is C10H16O5. The molecule has 15 heavy (non-hydrogen) atoms. The topological polar surface area (TPSA) is 65.0 Å². The second-order valence-corrected chi connectivity index (χ2v) is 3.70. The molecule has 0 aromatic carbocycles. The average molecular weight is 216 g/mol. The van der Waals surface area contributed by atoms with Gasteiger partial charge < -0.3 is 19.3 Å². The molecule has 0 aromatic heterocycles. The van der Waals surface area contributed by atoms with Gasteiger partial charge in [0.1, 0.15) is 12.2 Å². The van der Waals surface area contributed by atoms with Crippen LogP contribution >= 0.6 is 0 Å². The highest BCUT2D eigenvalue weighted by Gasteiger charge is 2.39. The van der Waals surface area contributed by atoms with E-state index < -0.39 is 24.0 Å². The van der Waals surface area contributed by atoms with Crippen LogP contribution in [-0.4, -0.2) is 42.8 Å². The van der Waals surface area contributed by atoms with Crippen LogP contribution in [0.15, 0.2) is 12.2 Å². The van der Waals surface area contributed by atoms with E-state index in [1.807, 2.05) is 0 Å². The van der Waals surface area contributed by atoms with E-state index in [1.165, 1.54) is 19.3 Å². The van der Waals surface area contributed by atoms with Gasteiger partial charge >= 0.3 is 5.97 Å². The van der Waals surface area contributed by atoms with Crippen LogP contribution < -0.4 is 0 Å². The number of aliphatic hydroxyl groups excluding tert-OH is 1. The Hall–Kier alpha value is -0.910. The van der Waals surface area contributed by atoms with Gasteiger partial charge in [-0.1, -0.05) is 0 Å². The zero-order valence-corrected chi connectivity index (χ0v) is 9.10. The summed E-state index contributed by atoms with van der Waals surface area (Å²) in [6.45, 7) is 3.35. The van der Waals surface area contributed by atoms with Gasteiger partial charge in [-0.3, -0.25) is 0 Å². The Morgan fingerprint density at radius 3 is 2.73 bits per heavy atom. The van der Waals surface area contributed by atoms with Gasteiger partial charge in [0.25, 0.3) is 0 Å². The van der Waals surface area contributed by atoms with Crippen LogP contribution in [-0.2, 0) is 19.0 Å². The Labute approximate surface area is 88.6 Å². The van der Waals surface area contributed by atoms with Crippen molar-refractivity contribution in [1.82, 2.24) is 0 Å². The second-order valence-electron chi connectivity index (χ2n) is 3.70. The lowest BCUT2D eigenvalue weighted by molar-refractivity contribution is -0.146. The van der Waals surface area contributed by atoms with Gasteiger partial charge in [0.05, 0.1) is 13.7 Å². The lowest BCUT2D eigenvalue weighted by Crippen LogP contribution is -2.24. The van der Waals surface area contributed by atoms with Gasteiger partial charge in [0.15, 0.2) is 5.79 Å². The molecule has 1 N–H and O–H groups in total. The Morgan fingerprint density at radius 1 is 1.53 bits per heavy atom. The molecule has 1 saturated heterocycles. The van der Waals surface area contributed by atoms with Gasteiger partial charge in [0.2, 0.25) is 0 Å². The number of rotatable bonds is 3. The molecule has 1 aliphatic heterocycles. The first-order valence-electron chi connectivity index (χ1n) is 4.71. The van der Waals surface area contributed by atoms with E-state index in [9.17, 15) is 4.79 Å². The molecule has 5 nitrogen and oxygen atoms in total. The predicted octanol–water partition coefficient (Wildman–Crippen LogP) is 0.228. The van der Waals surface area contributed by atoms with Crippen molar-refractivity contribution in [3.8, 4) is 0 Å². The lowest BCUT2D eigenvalue weighted by atomic mass is 10.2. The SMILES string of the molecule is COC(=O)/C=C\[C@H]1OC(C)(C)O[C@@H]1CO. The maximum atomic E-state index is 10.9. The Balaban J connectivity index is 2.61. The number of aliphatic hydroxyl groups is 1. The fourth-order valence-corrected chi connectivity index (χ4v) is 1.41. The smallest absolute Gasteiger partial charge is 0.330 e. The van der Waals surface area contributed by atoms with Crippen LogP contribution in [0.25, 0.3) is 0 Å². The molecule has 0 aliphatic carbocycles. The average Bonchev–Trinajstić information content (AvgIpc) is 2.49. The molecule has 0 bridgehead atoms. The Morgan fingerprint density at radius 2 is 2.20 bits per heavy atom. The highest BCUT2D eigenvalue weighted by atomic mass is 16.8. The third kappa shape index (κ3) is 3.30. The summed E-state index contributed by atoms with van der Waals surface area (Å²) < 4.78 is 15.3. The van der Waals surface area contributed by atoms with Crippen molar-refractivity contribution in [2.75, 3.05) is 13.7 Å². The summed E-state index contributed by atoms with van der Waals surface area (Å²) in [5, 5.41) is 9.04. The summed E-state index contributed by atoms with van der Waals surface area (Å²) in [7, 11) is 1.30.